The molecule has 1 aliphatic heterocycles. The van der Waals surface area contributed by atoms with Crippen LogP contribution in [0.1, 0.15) is 12.8 Å². The fourth-order valence-electron chi connectivity index (χ4n) is 2.70. The van der Waals surface area contributed by atoms with Crippen molar-refractivity contribution in [3.05, 3.63) is 30.1 Å². The highest BCUT2D eigenvalue weighted by molar-refractivity contribution is 7.88. The summed E-state index contributed by atoms with van der Waals surface area (Å²) in [5.74, 6) is -0.184. The van der Waals surface area contributed by atoms with Gasteiger partial charge in [-0.15, -0.1) is 0 Å². The highest BCUT2D eigenvalue weighted by atomic mass is 32.2. The van der Waals surface area contributed by atoms with Gasteiger partial charge in [0.05, 0.1) is 18.7 Å². The lowest BCUT2D eigenvalue weighted by atomic mass is 9.98. The number of likely N-dealkylation sites (N-methyl/N-ethyl adjacent to an activating group) is 1. The molecule has 1 aromatic rings. The molecule has 134 valence electrons. The zero-order chi connectivity index (χ0) is 17.7. The third-order valence-corrected chi connectivity index (χ3v) is 5.36. The standard InChI is InChI=1S/C16H23FN2O4S/c1-18(10-11-23-15-7-5-14(17)6-8-15)16(20)13-4-3-9-19(12-13)24(2,21)22/h5-8,13H,3-4,9-12H2,1-2H3. The first-order valence-corrected chi connectivity index (χ1v) is 9.70. The van der Waals surface area contributed by atoms with Gasteiger partial charge in [0.1, 0.15) is 18.2 Å². The van der Waals surface area contributed by atoms with E-state index in [0.717, 1.165) is 0 Å². The molecule has 2 rings (SSSR count). The Kier molecular flexibility index (Phi) is 6.17. The fourth-order valence-corrected chi connectivity index (χ4v) is 3.61. The largest absolute Gasteiger partial charge is 0.492 e. The van der Waals surface area contributed by atoms with E-state index in [9.17, 15) is 17.6 Å². The van der Waals surface area contributed by atoms with Crippen LogP contribution in [-0.4, -0.2) is 63.1 Å². The van der Waals surface area contributed by atoms with Crippen molar-refractivity contribution in [2.75, 3.05) is 39.5 Å². The molecule has 0 spiro atoms. The summed E-state index contributed by atoms with van der Waals surface area (Å²) in [7, 11) is -1.59. The summed E-state index contributed by atoms with van der Waals surface area (Å²) in [4.78, 5) is 14.0. The van der Waals surface area contributed by atoms with Gasteiger partial charge in [-0.1, -0.05) is 0 Å². The van der Waals surface area contributed by atoms with Crippen LogP contribution in [-0.2, 0) is 14.8 Å². The van der Waals surface area contributed by atoms with Gasteiger partial charge in [0.25, 0.3) is 0 Å². The second kappa shape index (κ2) is 7.94. The minimum absolute atomic E-state index is 0.0777. The van der Waals surface area contributed by atoms with E-state index in [1.54, 1.807) is 11.9 Å². The molecule has 1 aromatic carbocycles. The summed E-state index contributed by atoms with van der Waals surface area (Å²) in [5.41, 5.74) is 0. The lowest BCUT2D eigenvalue weighted by Gasteiger charge is -2.32. The molecule has 1 heterocycles. The van der Waals surface area contributed by atoms with Crippen molar-refractivity contribution in [1.29, 1.82) is 0 Å². The Labute approximate surface area is 142 Å². The average molecular weight is 358 g/mol. The summed E-state index contributed by atoms with van der Waals surface area (Å²) in [6.45, 7) is 1.38. The van der Waals surface area contributed by atoms with Crippen LogP contribution in [0.25, 0.3) is 0 Å². The molecule has 1 aliphatic rings. The number of nitrogens with zero attached hydrogens (tertiary/aromatic N) is 2. The normalized spacial score (nSPS) is 19.0. The van der Waals surface area contributed by atoms with Crippen molar-refractivity contribution in [3.8, 4) is 5.75 Å². The second-order valence-corrected chi connectivity index (χ2v) is 8.00. The Bertz CT molecular complexity index is 663. The summed E-state index contributed by atoms with van der Waals surface area (Å²) < 4.78 is 42.9. The van der Waals surface area contributed by atoms with E-state index >= 15 is 0 Å². The van der Waals surface area contributed by atoms with E-state index in [1.165, 1.54) is 34.8 Å². The molecule has 24 heavy (non-hydrogen) atoms. The van der Waals surface area contributed by atoms with Crippen molar-refractivity contribution in [3.63, 3.8) is 0 Å². The Balaban J connectivity index is 1.82. The van der Waals surface area contributed by atoms with Crippen molar-refractivity contribution >= 4 is 15.9 Å². The number of benzene rings is 1. The van der Waals surface area contributed by atoms with Crippen LogP contribution in [0.5, 0.6) is 5.75 Å². The minimum Gasteiger partial charge on any atom is -0.492 e. The molecule has 6 nitrogen and oxygen atoms in total. The molecule has 1 unspecified atom stereocenters. The van der Waals surface area contributed by atoms with Gasteiger partial charge >= 0.3 is 0 Å². The van der Waals surface area contributed by atoms with Crippen molar-refractivity contribution in [2.45, 2.75) is 12.8 Å². The third-order valence-electron chi connectivity index (χ3n) is 4.09. The summed E-state index contributed by atoms with van der Waals surface area (Å²) in [6.07, 6.45) is 2.54. The van der Waals surface area contributed by atoms with Crippen LogP contribution in [0.4, 0.5) is 4.39 Å². The van der Waals surface area contributed by atoms with Crippen LogP contribution in [0.2, 0.25) is 0 Å². The summed E-state index contributed by atoms with van der Waals surface area (Å²) in [5, 5.41) is 0. The molecule has 0 bridgehead atoms. The molecule has 8 heteroatoms. The number of hydrogen-bond donors (Lipinski definition) is 0. The van der Waals surface area contributed by atoms with Crippen LogP contribution >= 0.6 is 0 Å². The first kappa shape index (κ1) is 18.7. The van der Waals surface area contributed by atoms with Crippen molar-refractivity contribution in [2.24, 2.45) is 5.92 Å². The number of hydrogen-bond acceptors (Lipinski definition) is 4. The minimum atomic E-state index is -3.27. The molecule has 1 amide bonds. The maximum absolute atomic E-state index is 12.8. The van der Waals surface area contributed by atoms with Gasteiger partial charge < -0.3 is 9.64 Å². The molecular weight excluding hydrogens is 335 g/mol. The number of carbonyl (C=O) groups is 1. The van der Waals surface area contributed by atoms with Gasteiger partial charge in [-0.25, -0.2) is 17.1 Å². The molecule has 1 fully saturated rings. The van der Waals surface area contributed by atoms with Gasteiger partial charge in [-0.3, -0.25) is 4.79 Å². The first-order chi connectivity index (χ1) is 11.3. The molecule has 0 aromatic heterocycles. The van der Waals surface area contributed by atoms with Gasteiger partial charge in [-0.05, 0) is 37.1 Å². The summed E-state index contributed by atoms with van der Waals surface area (Å²) in [6, 6.07) is 5.68. The number of amides is 1. The zero-order valence-corrected chi connectivity index (χ0v) is 14.8. The quantitative estimate of drug-likeness (QED) is 0.770. The van der Waals surface area contributed by atoms with Gasteiger partial charge in [-0.2, -0.15) is 0 Å². The molecule has 0 N–H and O–H groups in total. The van der Waals surface area contributed by atoms with Crippen molar-refractivity contribution in [1.82, 2.24) is 9.21 Å². The van der Waals surface area contributed by atoms with E-state index < -0.39 is 10.0 Å². The van der Waals surface area contributed by atoms with E-state index in [4.69, 9.17) is 4.74 Å². The number of piperidine rings is 1. The van der Waals surface area contributed by atoms with E-state index in [1.807, 2.05) is 0 Å². The number of halogens is 1. The molecule has 0 radical (unpaired) electrons. The average Bonchev–Trinajstić information content (AvgIpc) is 2.55. The van der Waals surface area contributed by atoms with Crippen LogP contribution < -0.4 is 4.74 Å². The van der Waals surface area contributed by atoms with Gasteiger partial charge in [0, 0.05) is 20.1 Å². The lowest BCUT2D eigenvalue weighted by molar-refractivity contribution is -0.135. The molecule has 1 atom stereocenters. The Morgan fingerprint density at radius 2 is 2.04 bits per heavy atom. The molecule has 0 aliphatic carbocycles. The fraction of sp³-hybridized carbons (Fsp3) is 0.562. The second-order valence-electron chi connectivity index (χ2n) is 6.02. The lowest BCUT2D eigenvalue weighted by Crippen LogP contribution is -2.46. The number of rotatable bonds is 6. The zero-order valence-electron chi connectivity index (χ0n) is 13.9. The van der Waals surface area contributed by atoms with Gasteiger partial charge in [0.15, 0.2) is 0 Å². The van der Waals surface area contributed by atoms with E-state index in [0.29, 0.717) is 31.7 Å². The SMILES string of the molecule is CN(CCOc1ccc(F)cc1)C(=O)C1CCCN(S(C)(=O)=O)C1. The molecular formula is C16H23FN2O4S. The number of sulfonamides is 1. The first-order valence-electron chi connectivity index (χ1n) is 7.86. The maximum atomic E-state index is 12.8. The smallest absolute Gasteiger partial charge is 0.226 e. The Morgan fingerprint density at radius 3 is 2.67 bits per heavy atom. The highest BCUT2D eigenvalue weighted by Crippen LogP contribution is 2.20. The van der Waals surface area contributed by atoms with Crippen LogP contribution in [0.15, 0.2) is 24.3 Å². The molecule has 0 saturated carbocycles. The van der Waals surface area contributed by atoms with Crippen LogP contribution in [0, 0.1) is 11.7 Å². The van der Waals surface area contributed by atoms with E-state index in [-0.39, 0.29) is 30.8 Å². The Morgan fingerprint density at radius 1 is 1.38 bits per heavy atom. The number of ether oxygens (including phenoxy) is 1. The predicted octanol–water partition coefficient (Wildman–Crippen LogP) is 1.33. The highest BCUT2D eigenvalue weighted by Gasteiger charge is 2.31. The Hall–Kier alpha value is -1.67. The molecule has 1 saturated heterocycles. The summed E-state index contributed by atoms with van der Waals surface area (Å²) >= 11 is 0. The van der Waals surface area contributed by atoms with Crippen molar-refractivity contribution < 1.29 is 22.3 Å². The number of carbonyl (C=O) groups excluding carboxylic acids is 1. The van der Waals surface area contributed by atoms with Crippen LogP contribution in [0.3, 0.4) is 0 Å². The maximum Gasteiger partial charge on any atom is 0.226 e. The van der Waals surface area contributed by atoms with Gasteiger partial charge in [0.2, 0.25) is 15.9 Å². The topological polar surface area (TPSA) is 66.9 Å². The monoisotopic (exact) mass is 358 g/mol. The van der Waals surface area contributed by atoms with E-state index in [2.05, 4.69) is 0 Å². The third kappa shape index (κ3) is 5.17. The predicted molar refractivity (Wildman–Crippen MR) is 88.7 cm³/mol.